The van der Waals surface area contributed by atoms with Gasteiger partial charge in [-0.25, -0.2) is 0 Å². The van der Waals surface area contributed by atoms with Crippen molar-refractivity contribution in [2.45, 2.75) is 25.0 Å². The third-order valence-electron chi connectivity index (χ3n) is 2.65. The van der Waals surface area contributed by atoms with Crippen molar-refractivity contribution in [2.75, 3.05) is 40.5 Å². The maximum absolute atomic E-state index is 5.20. The maximum atomic E-state index is 5.20. The molecule has 0 aromatic carbocycles. The highest BCUT2D eigenvalue weighted by atomic mass is 16.5. The predicted molar refractivity (Wildman–Crippen MR) is 56.6 cm³/mol. The van der Waals surface area contributed by atoms with Crippen molar-refractivity contribution in [3.05, 3.63) is 0 Å². The zero-order valence-corrected chi connectivity index (χ0v) is 9.21. The first-order valence-electron chi connectivity index (χ1n) is 5.32. The molecule has 4 heteroatoms. The summed E-state index contributed by atoms with van der Waals surface area (Å²) in [6, 6.07) is 0.671. The van der Waals surface area contributed by atoms with E-state index in [9.17, 15) is 0 Å². The van der Waals surface area contributed by atoms with E-state index in [1.165, 1.54) is 0 Å². The lowest BCUT2D eigenvalue weighted by Gasteiger charge is -2.34. The lowest BCUT2D eigenvalue weighted by atomic mass is 9.89. The van der Waals surface area contributed by atoms with E-state index in [1.807, 2.05) is 0 Å². The fourth-order valence-corrected chi connectivity index (χ4v) is 1.59. The van der Waals surface area contributed by atoms with E-state index in [4.69, 9.17) is 9.47 Å². The van der Waals surface area contributed by atoms with Crippen LogP contribution in [-0.4, -0.2) is 52.6 Å². The number of hydrogen-bond acceptors (Lipinski definition) is 4. The van der Waals surface area contributed by atoms with Gasteiger partial charge in [-0.2, -0.15) is 0 Å². The van der Waals surface area contributed by atoms with Crippen LogP contribution in [0.3, 0.4) is 0 Å². The van der Waals surface area contributed by atoms with Crippen LogP contribution < -0.4 is 10.6 Å². The van der Waals surface area contributed by atoms with Gasteiger partial charge in [0.1, 0.15) is 0 Å². The summed E-state index contributed by atoms with van der Waals surface area (Å²) in [7, 11) is 3.51. The van der Waals surface area contributed by atoms with Crippen LogP contribution in [0.2, 0.25) is 0 Å². The molecule has 1 aliphatic carbocycles. The van der Waals surface area contributed by atoms with Crippen LogP contribution in [-0.2, 0) is 9.47 Å². The SMILES string of the molecule is COCCNCCNC1CC(OC)C1. The summed E-state index contributed by atoms with van der Waals surface area (Å²) in [6.07, 6.45) is 2.82. The monoisotopic (exact) mass is 202 g/mol. The minimum absolute atomic E-state index is 0.494. The first kappa shape index (κ1) is 11.9. The van der Waals surface area contributed by atoms with Crippen molar-refractivity contribution in [2.24, 2.45) is 0 Å². The topological polar surface area (TPSA) is 42.5 Å². The second-order valence-electron chi connectivity index (χ2n) is 3.72. The van der Waals surface area contributed by atoms with Crippen molar-refractivity contribution >= 4 is 0 Å². The Morgan fingerprint density at radius 1 is 1.14 bits per heavy atom. The molecule has 0 spiro atoms. The van der Waals surface area contributed by atoms with Gasteiger partial charge in [0.25, 0.3) is 0 Å². The Kier molecular flexibility index (Phi) is 6.10. The van der Waals surface area contributed by atoms with Crippen molar-refractivity contribution in [1.82, 2.24) is 10.6 Å². The molecule has 0 bridgehead atoms. The summed E-state index contributed by atoms with van der Waals surface area (Å²) in [5.74, 6) is 0. The molecule has 2 N–H and O–H groups in total. The number of methoxy groups -OCH3 is 2. The molecule has 0 amide bonds. The van der Waals surface area contributed by atoms with Crippen molar-refractivity contribution in [3.8, 4) is 0 Å². The number of ether oxygens (including phenoxy) is 2. The first-order chi connectivity index (χ1) is 6.86. The van der Waals surface area contributed by atoms with Crippen molar-refractivity contribution in [1.29, 1.82) is 0 Å². The minimum atomic E-state index is 0.494. The second kappa shape index (κ2) is 7.17. The van der Waals surface area contributed by atoms with Gasteiger partial charge in [0.15, 0.2) is 0 Å². The van der Waals surface area contributed by atoms with E-state index in [0.29, 0.717) is 12.1 Å². The standard InChI is InChI=1S/C10H22N2O2/c1-13-6-5-11-3-4-12-9-7-10(8-9)14-2/h9-12H,3-8H2,1-2H3. The van der Waals surface area contributed by atoms with E-state index in [1.54, 1.807) is 14.2 Å². The smallest absolute Gasteiger partial charge is 0.0601 e. The highest BCUT2D eigenvalue weighted by Crippen LogP contribution is 2.21. The average Bonchev–Trinajstić information content (AvgIpc) is 2.14. The van der Waals surface area contributed by atoms with Crippen LogP contribution in [0.4, 0.5) is 0 Å². The summed E-state index contributed by atoms with van der Waals surface area (Å²) < 4.78 is 10.1. The zero-order valence-electron chi connectivity index (χ0n) is 9.21. The fourth-order valence-electron chi connectivity index (χ4n) is 1.59. The quantitative estimate of drug-likeness (QED) is 0.543. The van der Waals surface area contributed by atoms with Crippen LogP contribution >= 0.6 is 0 Å². The molecule has 0 saturated heterocycles. The molecule has 1 fully saturated rings. The van der Waals surface area contributed by atoms with Crippen molar-refractivity contribution < 1.29 is 9.47 Å². The van der Waals surface area contributed by atoms with E-state index >= 15 is 0 Å². The summed E-state index contributed by atoms with van der Waals surface area (Å²) in [6.45, 7) is 3.76. The summed E-state index contributed by atoms with van der Waals surface area (Å²) in [5.41, 5.74) is 0. The molecule has 0 aromatic rings. The van der Waals surface area contributed by atoms with E-state index in [2.05, 4.69) is 10.6 Å². The summed E-state index contributed by atoms with van der Waals surface area (Å²) >= 11 is 0. The van der Waals surface area contributed by atoms with Crippen LogP contribution in [0.5, 0.6) is 0 Å². The molecule has 1 aliphatic rings. The first-order valence-corrected chi connectivity index (χ1v) is 5.32. The van der Waals surface area contributed by atoms with Crippen molar-refractivity contribution in [3.63, 3.8) is 0 Å². The lowest BCUT2D eigenvalue weighted by molar-refractivity contribution is 0.0177. The van der Waals surface area contributed by atoms with Gasteiger partial charge < -0.3 is 20.1 Å². The van der Waals surface area contributed by atoms with Crippen LogP contribution in [0, 0.1) is 0 Å². The Labute approximate surface area is 86.3 Å². The molecule has 1 rings (SSSR count). The zero-order chi connectivity index (χ0) is 10.2. The van der Waals surface area contributed by atoms with Crippen LogP contribution in [0.15, 0.2) is 0 Å². The predicted octanol–water partition coefficient (Wildman–Crippen LogP) is -0.0106. The molecule has 0 atom stereocenters. The van der Waals surface area contributed by atoms with Crippen LogP contribution in [0.25, 0.3) is 0 Å². The maximum Gasteiger partial charge on any atom is 0.0601 e. The summed E-state index contributed by atoms with van der Waals surface area (Å²) in [4.78, 5) is 0. The van der Waals surface area contributed by atoms with E-state index in [0.717, 1.165) is 39.1 Å². The number of rotatable bonds is 8. The van der Waals surface area contributed by atoms with Gasteiger partial charge in [-0.3, -0.25) is 0 Å². The molecular weight excluding hydrogens is 180 g/mol. The molecule has 0 aromatic heterocycles. The lowest BCUT2D eigenvalue weighted by Crippen LogP contribution is -2.47. The normalized spacial score (nSPS) is 26.1. The average molecular weight is 202 g/mol. The highest BCUT2D eigenvalue weighted by Gasteiger charge is 2.27. The Morgan fingerprint density at radius 3 is 2.57 bits per heavy atom. The third kappa shape index (κ3) is 4.37. The Hall–Kier alpha value is -0.160. The molecule has 4 nitrogen and oxygen atoms in total. The van der Waals surface area contributed by atoms with Gasteiger partial charge in [0.2, 0.25) is 0 Å². The summed E-state index contributed by atoms with van der Waals surface area (Å²) in [5, 5.41) is 6.77. The number of nitrogens with one attached hydrogen (secondary N) is 2. The molecule has 0 unspecified atom stereocenters. The Balaban J connectivity index is 1.77. The highest BCUT2D eigenvalue weighted by molar-refractivity contribution is 4.85. The second-order valence-corrected chi connectivity index (χ2v) is 3.72. The molecule has 0 heterocycles. The molecule has 14 heavy (non-hydrogen) atoms. The molecule has 1 saturated carbocycles. The Morgan fingerprint density at radius 2 is 1.93 bits per heavy atom. The minimum Gasteiger partial charge on any atom is -0.383 e. The van der Waals surface area contributed by atoms with Gasteiger partial charge >= 0.3 is 0 Å². The third-order valence-corrected chi connectivity index (χ3v) is 2.65. The van der Waals surface area contributed by atoms with Gasteiger partial charge in [-0.05, 0) is 12.8 Å². The van der Waals surface area contributed by atoms with Gasteiger partial charge in [0, 0.05) is 39.9 Å². The molecular formula is C10H22N2O2. The van der Waals surface area contributed by atoms with Gasteiger partial charge in [0.05, 0.1) is 12.7 Å². The Bertz CT molecular complexity index is 138. The molecule has 84 valence electrons. The van der Waals surface area contributed by atoms with E-state index < -0.39 is 0 Å². The fraction of sp³-hybridized carbons (Fsp3) is 1.00. The molecule has 0 aliphatic heterocycles. The molecule has 0 radical (unpaired) electrons. The van der Waals surface area contributed by atoms with Gasteiger partial charge in [-0.1, -0.05) is 0 Å². The van der Waals surface area contributed by atoms with E-state index in [-0.39, 0.29) is 0 Å². The van der Waals surface area contributed by atoms with Gasteiger partial charge in [-0.15, -0.1) is 0 Å². The largest absolute Gasteiger partial charge is 0.383 e. The van der Waals surface area contributed by atoms with Crippen LogP contribution in [0.1, 0.15) is 12.8 Å². The number of hydrogen-bond donors (Lipinski definition) is 2.